The van der Waals surface area contributed by atoms with Crippen molar-refractivity contribution in [3.63, 3.8) is 0 Å². The summed E-state index contributed by atoms with van der Waals surface area (Å²) in [4.78, 5) is 14.7. The third kappa shape index (κ3) is 2.56. The van der Waals surface area contributed by atoms with E-state index in [9.17, 15) is 4.79 Å². The molecule has 92 valence electrons. The van der Waals surface area contributed by atoms with Crippen molar-refractivity contribution in [2.75, 3.05) is 0 Å². The van der Waals surface area contributed by atoms with Gasteiger partial charge in [-0.05, 0) is 34.7 Å². The van der Waals surface area contributed by atoms with Crippen LogP contribution < -0.4 is 0 Å². The molecular formula is C15H15NO2. The molecule has 3 nitrogen and oxygen atoms in total. The third-order valence-corrected chi connectivity index (χ3v) is 2.89. The Morgan fingerprint density at radius 1 is 1.11 bits per heavy atom. The fourth-order valence-corrected chi connectivity index (χ4v) is 1.79. The molecule has 0 saturated carbocycles. The van der Waals surface area contributed by atoms with Gasteiger partial charge in [0.1, 0.15) is 5.69 Å². The van der Waals surface area contributed by atoms with Gasteiger partial charge in [-0.25, -0.2) is 9.78 Å². The molecule has 0 spiro atoms. The van der Waals surface area contributed by atoms with Gasteiger partial charge in [-0.15, -0.1) is 0 Å². The summed E-state index contributed by atoms with van der Waals surface area (Å²) in [6, 6.07) is 11.6. The van der Waals surface area contributed by atoms with Gasteiger partial charge in [0.2, 0.25) is 0 Å². The van der Waals surface area contributed by atoms with Crippen LogP contribution in [0.5, 0.6) is 0 Å². The van der Waals surface area contributed by atoms with Crippen molar-refractivity contribution in [2.45, 2.75) is 19.8 Å². The average molecular weight is 241 g/mol. The lowest BCUT2D eigenvalue weighted by Gasteiger charge is -2.07. The van der Waals surface area contributed by atoms with Gasteiger partial charge in [-0.1, -0.05) is 38.1 Å². The lowest BCUT2D eigenvalue weighted by Crippen LogP contribution is -1.99. The standard InChI is InChI=1S/C15H15NO2/c1-10(2)11-3-5-12(6-4-11)13-7-8-16-14(9-13)15(17)18/h3-10H,1-2H3,(H,17,18). The van der Waals surface area contributed by atoms with Crippen molar-refractivity contribution in [3.8, 4) is 11.1 Å². The van der Waals surface area contributed by atoms with E-state index in [2.05, 4.69) is 31.0 Å². The number of pyridine rings is 1. The highest BCUT2D eigenvalue weighted by Gasteiger charge is 2.06. The summed E-state index contributed by atoms with van der Waals surface area (Å²) in [6.45, 7) is 4.29. The minimum Gasteiger partial charge on any atom is -0.477 e. The summed E-state index contributed by atoms with van der Waals surface area (Å²) in [5.41, 5.74) is 3.22. The molecule has 0 radical (unpaired) electrons. The zero-order valence-corrected chi connectivity index (χ0v) is 10.4. The van der Waals surface area contributed by atoms with Gasteiger partial charge in [0.25, 0.3) is 0 Å². The number of aromatic nitrogens is 1. The molecule has 0 fully saturated rings. The van der Waals surface area contributed by atoms with Gasteiger partial charge in [-0.2, -0.15) is 0 Å². The Hall–Kier alpha value is -2.16. The Morgan fingerprint density at radius 2 is 1.78 bits per heavy atom. The summed E-state index contributed by atoms with van der Waals surface area (Å²) >= 11 is 0. The number of carbonyl (C=O) groups is 1. The SMILES string of the molecule is CC(C)c1ccc(-c2ccnc(C(=O)O)c2)cc1. The largest absolute Gasteiger partial charge is 0.477 e. The molecule has 0 atom stereocenters. The molecule has 0 aliphatic carbocycles. The Morgan fingerprint density at radius 3 is 2.33 bits per heavy atom. The maximum absolute atomic E-state index is 10.9. The van der Waals surface area contributed by atoms with Crippen LogP contribution in [0, 0.1) is 0 Å². The Labute approximate surface area is 106 Å². The second kappa shape index (κ2) is 5.00. The maximum Gasteiger partial charge on any atom is 0.354 e. The number of hydrogen-bond acceptors (Lipinski definition) is 2. The molecule has 2 aromatic rings. The van der Waals surface area contributed by atoms with Crippen molar-refractivity contribution in [3.05, 3.63) is 53.9 Å². The zero-order valence-electron chi connectivity index (χ0n) is 10.4. The summed E-state index contributed by atoms with van der Waals surface area (Å²) in [5, 5.41) is 8.91. The molecule has 1 aromatic heterocycles. The molecule has 2 rings (SSSR count). The first-order valence-corrected chi connectivity index (χ1v) is 5.87. The van der Waals surface area contributed by atoms with Crippen molar-refractivity contribution < 1.29 is 9.90 Å². The van der Waals surface area contributed by atoms with E-state index in [-0.39, 0.29) is 5.69 Å². The average Bonchev–Trinajstić information content (AvgIpc) is 2.39. The topological polar surface area (TPSA) is 50.2 Å². The molecule has 0 aliphatic heterocycles. The Balaban J connectivity index is 2.36. The van der Waals surface area contributed by atoms with Crippen molar-refractivity contribution in [1.29, 1.82) is 0 Å². The number of carboxylic acids is 1. The predicted octanol–water partition coefficient (Wildman–Crippen LogP) is 3.57. The van der Waals surface area contributed by atoms with E-state index < -0.39 is 5.97 Å². The fourth-order valence-electron chi connectivity index (χ4n) is 1.79. The molecule has 0 amide bonds. The van der Waals surface area contributed by atoms with E-state index in [0.29, 0.717) is 5.92 Å². The van der Waals surface area contributed by atoms with Gasteiger partial charge in [0, 0.05) is 6.20 Å². The van der Waals surface area contributed by atoms with Crippen molar-refractivity contribution in [1.82, 2.24) is 4.98 Å². The van der Waals surface area contributed by atoms with Gasteiger partial charge in [0.15, 0.2) is 0 Å². The lowest BCUT2D eigenvalue weighted by atomic mass is 9.99. The third-order valence-electron chi connectivity index (χ3n) is 2.89. The fraction of sp³-hybridized carbons (Fsp3) is 0.200. The molecule has 1 aromatic carbocycles. The summed E-state index contributed by atoms with van der Waals surface area (Å²) in [7, 11) is 0. The van der Waals surface area contributed by atoms with E-state index in [1.54, 1.807) is 6.07 Å². The van der Waals surface area contributed by atoms with E-state index in [1.807, 2.05) is 18.2 Å². The van der Waals surface area contributed by atoms with Gasteiger partial charge >= 0.3 is 5.97 Å². The van der Waals surface area contributed by atoms with Crippen LogP contribution in [-0.2, 0) is 0 Å². The molecule has 1 N–H and O–H groups in total. The van der Waals surface area contributed by atoms with Crippen molar-refractivity contribution in [2.24, 2.45) is 0 Å². The van der Waals surface area contributed by atoms with E-state index in [4.69, 9.17) is 5.11 Å². The van der Waals surface area contributed by atoms with E-state index >= 15 is 0 Å². The summed E-state index contributed by atoms with van der Waals surface area (Å²) in [5.74, 6) is -0.512. The van der Waals surface area contributed by atoms with Crippen LogP contribution in [0.4, 0.5) is 0 Å². The Kier molecular flexibility index (Phi) is 3.42. The van der Waals surface area contributed by atoms with Crippen LogP contribution >= 0.6 is 0 Å². The summed E-state index contributed by atoms with van der Waals surface area (Å²) in [6.07, 6.45) is 1.52. The number of benzene rings is 1. The normalized spacial score (nSPS) is 10.6. The van der Waals surface area contributed by atoms with Gasteiger partial charge in [-0.3, -0.25) is 0 Å². The van der Waals surface area contributed by atoms with Crippen LogP contribution in [0.3, 0.4) is 0 Å². The Bertz CT molecular complexity index is 559. The van der Waals surface area contributed by atoms with Gasteiger partial charge < -0.3 is 5.11 Å². The van der Waals surface area contributed by atoms with E-state index in [1.165, 1.54) is 11.8 Å². The smallest absolute Gasteiger partial charge is 0.354 e. The zero-order chi connectivity index (χ0) is 13.1. The number of nitrogens with zero attached hydrogens (tertiary/aromatic N) is 1. The van der Waals surface area contributed by atoms with Gasteiger partial charge in [0.05, 0.1) is 0 Å². The first-order chi connectivity index (χ1) is 8.58. The number of rotatable bonds is 3. The molecule has 0 unspecified atom stereocenters. The first-order valence-electron chi connectivity index (χ1n) is 5.87. The van der Waals surface area contributed by atoms with E-state index in [0.717, 1.165) is 11.1 Å². The molecule has 1 heterocycles. The number of aromatic carboxylic acids is 1. The lowest BCUT2D eigenvalue weighted by molar-refractivity contribution is 0.0690. The highest BCUT2D eigenvalue weighted by atomic mass is 16.4. The minimum atomic E-state index is -1.00. The monoisotopic (exact) mass is 241 g/mol. The van der Waals surface area contributed by atoms with Crippen LogP contribution in [0.25, 0.3) is 11.1 Å². The van der Waals surface area contributed by atoms with Crippen LogP contribution in [0.1, 0.15) is 35.8 Å². The molecule has 18 heavy (non-hydrogen) atoms. The maximum atomic E-state index is 10.9. The molecule has 3 heteroatoms. The molecule has 0 bridgehead atoms. The molecule has 0 saturated heterocycles. The number of hydrogen-bond donors (Lipinski definition) is 1. The number of carboxylic acid groups (broad SMARTS) is 1. The molecular weight excluding hydrogens is 226 g/mol. The van der Waals surface area contributed by atoms with Crippen LogP contribution in [-0.4, -0.2) is 16.1 Å². The predicted molar refractivity (Wildman–Crippen MR) is 70.7 cm³/mol. The minimum absolute atomic E-state index is 0.0698. The highest BCUT2D eigenvalue weighted by molar-refractivity contribution is 5.87. The second-order valence-corrected chi connectivity index (χ2v) is 4.51. The highest BCUT2D eigenvalue weighted by Crippen LogP contribution is 2.22. The second-order valence-electron chi connectivity index (χ2n) is 4.51. The first kappa shape index (κ1) is 12.3. The van der Waals surface area contributed by atoms with Crippen molar-refractivity contribution >= 4 is 5.97 Å². The molecule has 0 aliphatic rings. The quantitative estimate of drug-likeness (QED) is 0.893. The van der Waals surface area contributed by atoms with Crippen LogP contribution in [0.2, 0.25) is 0 Å². The van der Waals surface area contributed by atoms with Crippen LogP contribution in [0.15, 0.2) is 42.6 Å². The summed E-state index contributed by atoms with van der Waals surface area (Å²) < 4.78 is 0.